The lowest BCUT2D eigenvalue weighted by molar-refractivity contribution is 0.574. The average molecular weight is 215 g/mol. The maximum absolute atomic E-state index is 2.23. The Hall–Kier alpha value is -1.50. The van der Waals surface area contributed by atoms with Crippen molar-refractivity contribution in [3.05, 3.63) is 59.6 Å². The molecule has 16 heavy (non-hydrogen) atoms. The minimum Gasteiger partial charge on any atom is -0.326 e. The van der Waals surface area contributed by atoms with Crippen molar-refractivity contribution in [2.75, 3.05) is 0 Å². The van der Waals surface area contributed by atoms with Gasteiger partial charge in [0.1, 0.15) is 0 Å². The van der Waals surface area contributed by atoms with Crippen molar-refractivity contribution in [3.63, 3.8) is 0 Å². The second kappa shape index (κ2) is 6.16. The van der Waals surface area contributed by atoms with Crippen LogP contribution >= 0.6 is 0 Å². The molecule has 0 N–H and O–H groups in total. The summed E-state index contributed by atoms with van der Waals surface area (Å²) in [5.41, 5.74) is 3.78. The molecule has 0 bridgehead atoms. The zero-order valence-electron chi connectivity index (χ0n) is 10.7. The van der Waals surface area contributed by atoms with E-state index < -0.39 is 0 Å². The molecule has 0 unspecified atom stereocenters. The average Bonchev–Trinajstić information content (AvgIpc) is 2.28. The van der Waals surface area contributed by atoms with Gasteiger partial charge in [0, 0.05) is 17.6 Å². The fraction of sp³-hybridized carbons (Fsp3) is 0.333. The van der Waals surface area contributed by atoms with Crippen LogP contribution in [0.15, 0.2) is 59.6 Å². The summed E-state index contributed by atoms with van der Waals surface area (Å²) < 4.78 is 0. The molecule has 0 radical (unpaired) electrons. The monoisotopic (exact) mass is 215 g/mol. The van der Waals surface area contributed by atoms with E-state index in [0.29, 0.717) is 0 Å². The van der Waals surface area contributed by atoms with Gasteiger partial charge in [-0.1, -0.05) is 29.9 Å². The zero-order chi connectivity index (χ0) is 12.0. The van der Waals surface area contributed by atoms with Crippen molar-refractivity contribution in [2.45, 2.75) is 34.1 Å². The molecule has 86 valence electrons. The van der Waals surface area contributed by atoms with Crippen molar-refractivity contribution in [1.29, 1.82) is 0 Å². The number of allylic oxidation sites excluding steroid dienone is 9. The maximum atomic E-state index is 2.23. The van der Waals surface area contributed by atoms with Crippen LogP contribution in [0.25, 0.3) is 0 Å². The molecule has 1 aliphatic rings. The predicted octanol–water partition coefficient (Wildman–Crippen LogP) is 4.54. The van der Waals surface area contributed by atoms with Crippen molar-refractivity contribution in [2.24, 2.45) is 0 Å². The molecule has 0 saturated carbocycles. The Kier molecular flexibility index (Phi) is 4.84. The van der Waals surface area contributed by atoms with E-state index in [2.05, 4.69) is 75.3 Å². The van der Waals surface area contributed by atoms with Crippen LogP contribution in [-0.2, 0) is 0 Å². The second-order valence-electron chi connectivity index (χ2n) is 4.04. The molecule has 0 aromatic heterocycles. The number of hydrogen-bond donors (Lipinski definition) is 0. The van der Waals surface area contributed by atoms with Gasteiger partial charge in [-0.25, -0.2) is 0 Å². The molecule has 0 aromatic carbocycles. The maximum Gasteiger partial charge on any atom is 0.0191 e. The van der Waals surface area contributed by atoms with Crippen molar-refractivity contribution in [1.82, 2.24) is 4.90 Å². The standard InChI is InChI=1S/C15H21N/c1-5-14(3)16-12-11-13(2)9-7-6-8-10-15(16)4/h5-6,8-12H,7H2,1-4H3/b8-6?,12-11-,13-9+,14-5+,15-10+. The van der Waals surface area contributed by atoms with Crippen LogP contribution in [-0.4, -0.2) is 4.90 Å². The Labute approximate surface area is 99.2 Å². The normalized spacial score (nSPS) is 26.8. The van der Waals surface area contributed by atoms with E-state index in [-0.39, 0.29) is 0 Å². The molecule has 1 heteroatoms. The van der Waals surface area contributed by atoms with Crippen molar-refractivity contribution >= 4 is 0 Å². The van der Waals surface area contributed by atoms with Gasteiger partial charge in [0.05, 0.1) is 0 Å². The molecule has 0 aromatic rings. The van der Waals surface area contributed by atoms with E-state index in [0.717, 1.165) is 6.42 Å². The molecule has 1 nitrogen and oxygen atoms in total. The topological polar surface area (TPSA) is 3.24 Å². The van der Waals surface area contributed by atoms with E-state index in [1.54, 1.807) is 0 Å². The first kappa shape index (κ1) is 12.6. The van der Waals surface area contributed by atoms with Gasteiger partial charge in [-0.15, -0.1) is 0 Å². The van der Waals surface area contributed by atoms with Crippen LogP contribution in [0.3, 0.4) is 0 Å². The van der Waals surface area contributed by atoms with Gasteiger partial charge in [0.15, 0.2) is 0 Å². The summed E-state index contributed by atoms with van der Waals surface area (Å²) >= 11 is 0. The van der Waals surface area contributed by atoms with Crippen LogP contribution in [0.5, 0.6) is 0 Å². The molecule has 0 spiro atoms. The molecule has 1 rings (SSSR count). The van der Waals surface area contributed by atoms with Crippen LogP contribution in [0.1, 0.15) is 34.1 Å². The Balaban J connectivity index is 3.05. The second-order valence-corrected chi connectivity index (χ2v) is 4.04. The van der Waals surface area contributed by atoms with E-state index in [4.69, 9.17) is 0 Å². The summed E-state index contributed by atoms with van der Waals surface area (Å²) in [5, 5.41) is 0. The van der Waals surface area contributed by atoms with Gasteiger partial charge in [-0.3, -0.25) is 0 Å². The Morgan fingerprint density at radius 3 is 2.81 bits per heavy atom. The van der Waals surface area contributed by atoms with Crippen LogP contribution in [0.4, 0.5) is 0 Å². The molecule has 0 saturated heterocycles. The first-order valence-corrected chi connectivity index (χ1v) is 5.75. The number of nitrogens with zero attached hydrogens (tertiary/aromatic N) is 1. The van der Waals surface area contributed by atoms with Crippen LogP contribution in [0, 0.1) is 0 Å². The first-order chi connectivity index (χ1) is 7.65. The van der Waals surface area contributed by atoms with Gasteiger partial charge in [-0.05, 0) is 46.3 Å². The molecule has 0 fully saturated rings. The van der Waals surface area contributed by atoms with Gasteiger partial charge in [0.25, 0.3) is 0 Å². The third-order valence-electron chi connectivity index (χ3n) is 2.71. The summed E-state index contributed by atoms with van der Waals surface area (Å²) in [7, 11) is 0. The quantitative estimate of drug-likeness (QED) is 0.621. The molecular weight excluding hydrogens is 194 g/mol. The highest BCUT2D eigenvalue weighted by atomic mass is 15.1. The molecule has 0 atom stereocenters. The lowest BCUT2D eigenvalue weighted by Crippen LogP contribution is -2.12. The van der Waals surface area contributed by atoms with Crippen molar-refractivity contribution in [3.8, 4) is 0 Å². The highest BCUT2D eigenvalue weighted by Gasteiger charge is 2.02. The molecule has 1 heterocycles. The SMILES string of the molecule is C/C=C(\C)N1/C=C\C(C)=C\CC=C/C=C/1C. The van der Waals surface area contributed by atoms with Gasteiger partial charge >= 0.3 is 0 Å². The lowest BCUT2D eigenvalue weighted by atomic mass is 10.2. The van der Waals surface area contributed by atoms with E-state index in [9.17, 15) is 0 Å². The third-order valence-corrected chi connectivity index (χ3v) is 2.71. The van der Waals surface area contributed by atoms with E-state index in [1.165, 1.54) is 17.0 Å². The molecule has 1 aliphatic heterocycles. The van der Waals surface area contributed by atoms with E-state index in [1.807, 2.05) is 0 Å². The highest BCUT2D eigenvalue weighted by molar-refractivity contribution is 5.25. The lowest BCUT2D eigenvalue weighted by Gasteiger charge is -2.22. The third kappa shape index (κ3) is 3.58. The summed E-state index contributed by atoms with van der Waals surface area (Å²) in [6.45, 7) is 8.45. The Bertz CT molecular complexity index is 378. The number of hydrogen-bond acceptors (Lipinski definition) is 1. The zero-order valence-corrected chi connectivity index (χ0v) is 10.7. The van der Waals surface area contributed by atoms with Gasteiger partial charge in [-0.2, -0.15) is 0 Å². The molecule has 0 amide bonds. The van der Waals surface area contributed by atoms with E-state index >= 15 is 0 Å². The minimum absolute atomic E-state index is 1.00. The summed E-state index contributed by atoms with van der Waals surface area (Å²) in [5.74, 6) is 0. The Morgan fingerprint density at radius 2 is 2.12 bits per heavy atom. The smallest absolute Gasteiger partial charge is 0.0191 e. The summed E-state index contributed by atoms with van der Waals surface area (Å²) in [6, 6.07) is 0. The van der Waals surface area contributed by atoms with Crippen LogP contribution < -0.4 is 0 Å². The predicted molar refractivity (Wildman–Crippen MR) is 71.7 cm³/mol. The minimum atomic E-state index is 1.00. The fourth-order valence-electron chi connectivity index (χ4n) is 1.53. The van der Waals surface area contributed by atoms with Crippen molar-refractivity contribution < 1.29 is 0 Å². The Morgan fingerprint density at radius 1 is 1.38 bits per heavy atom. The van der Waals surface area contributed by atoms with Crippen LogP contribution in [0.2, 0.25) is 0 Å². The van der Waals surface area contributed by atoms with Gasteiger partial charge in [0.2, 0.25) is 0 Å². The van der Waals surface area contributed by atoms with Gasteiger partial charge < -0.3 is 4.90 Å². The summed E-state index contributed by atoms with van der Waals surface area (Å²) in [4.78, 5) is 2.20. The molecular formula is C15H21N. The first-order valence-electron chi connectivity index (χ1n) is 5.75. The number of rotatable bonds is 1. The largest absolute Gasteiger partial charge is 0.326 e. The fourth-order valence-corrected chi connectivity index (χ4v) is 1.53. The molecule has 0 aliphatic carbocycles. The summed E-state index contributed by atoms with van der Waals surface area (Å²) in [6.07, 6.45) is 16.1. The highest BCUT2D eigenvalue weighted by Crippen LogP contribution is 2.15.